The lowest BCUT2D eigenvalue weighted by atomic mass is 10.1. The molecule has 0 spiro atoms. The molecule has 1 atom stereocenters. The third kappa shape index (κ3) is 3.52. The Labute approximate surface area is 117 Å². The molecule has 0 fully saturated rings. The zero-order valence-electron chi connectivity index (χ0n) is 11.0. The minimum absolute atomic E-state index is 0.0951. The molecule has 0 aliphatic heterocycles. The Hall–Kier alpha value is -1.45. The number of hydrogen-bond acceptors (Lipinski definition) is 2. The number of nitrogens with zero attached hydrogens (tertiary/aromatic N) is 1. The minimum Gasteiger partial charge on any atom is -0.306 e. The minimum atomic E-state index is -0.388. The first kappa shape index (κ1) is 14.0. The molecule has 1 aromatic carbocycles. The average Bonchev–Trinajstić information content (AvgIpc) is 2.40. The molecule has 4 heteroatoms. The van der Waals surface area contributed by atoms with E-state index >= 15 is 0 Å². The molecule has 0 bridgehead atoms. The highest BCUT2D eigenvalue weighted by molar-refractivity contribution is 6.30. The van der Waals surface area contributed by atoms with Crippen molar-refractivity contribution in [2.75, 3.05) is 0 Å². The van der Waals surface area contributed by atoms with Crippen LogP contribution in [0.4, 0.5) is 4.39 Å². The molecule has 0 saturated carbocycles. The summed E-state index contributed by atoms with van der Waals surface area (Å²) < 4.78 is 13.1. The largest absolute Gasteiger partial charge is 0.306 e. The summed E-state index contributed by atoms with van der Waals surface area (Å²) in [6.07, 6.45) is 3.63. The third-order valence-electron chi connectivity index (χ3n) is 3.19. The van der Waals surface area contributed by atoms with Crippen LogP contribution in [0.3, 0.4) is 0 Å². The van der Waals surface area contributed by atoms with Crippen molar-refractivity contribution in [3.05, 3.63) is 64.2 Å². The predicted octanol–water partition coefficient (Wildman–Crippen LogP) is 4.03. The third-order valence-corrected chi connectivity index (χ3v) is 3.48. The van der Waals surface area contributed by atoms with Crippen molar-refractivity contribution in [2.24, 2.45) is 0 Å². The van der Waals surface area contributed by atoms with Crippen LogP contribution in [0.15, 0.2) is 36.7 Å². The van der Waals surface area contributed by atoms with Crippen molar-refractivity contribution in [1.29, 1.82) is 0 Å². The number of halogens is 2. The van der Waals surface area contributed by atoms with Gasteiger partial charge < -0.3 is 5.32 Å². The molecule has 1 heterocycles. The van der Waals surface area contributed by atoms with Crippen molar-refractivity contribution in [3.8, 4) is 0 Å². The van der Waals surface area contributed by atoms with Crippen molar-refractivity contribution in [1.82, 2.24) is 10.3 Å². The molecule has 0 radical (unpaired) electrons. The number of rotatable bonds is 4. The fraction of sp³-hybridized carbons (Fsp3) is 0.267. The monoisotopic (exact) mass is 278 g/mol. The maximum absolute atomic E-state index is 13.1. The quantitative estimate of drug-likeness (QED) is 0.913. The lowest BCUT2D eigenvalue weighted by Crippen LogP contribution is -2.18. The van der Waals surface area contributed by atoms with Crippen LogP contribution in [0.25, 0.3) is 0 Å². The van der Waals surface area contributed by atoms with Crippen LogP contribution in [0.5, 0.6) is 0 Å². The van der Waals surface area contributed by atoms with Crippen molar-refractivity contribution in [2.45, 2.75) is 26.4 Å². The number of aromatic nitrogens is 1. The lowest BCUT2D eigenvalue weighted by Gasteiger charge is -2.15. The van der Waals surface area contributed by atoms with E-state index in [9.17, 15) is 4.39 Å². The fourth-order valence-corrected chi connectivity index (χ4v) is 2.03. The summed E-state index contributed by atoms with van der Waals surface area (Å²) >= 11 is 5.79. The van der Waals surface area contributed by atoms with Crippen LogP contribution >= 0.6 is 11.6 Å². The topological polar surface area (TPSA) is 24.9 Å². The van der Waals surface area contributed by atoms with Crippen LogP contribution < -0.4 is 5.32 Å². The first-order chi connectivity index (χ1) is 9.08. The van der Waals surface area contributed by atoms with Gasteiger partial charge in [-0.2, -0.15) is 0 Å². The van der Waals surface area contributed by atoms with Gasteiger partial charge in [0.25, 0.3) is 0 Å². The summed E-state index contributed by atoms with van der Waals surface area (Å²) in [5.74, 6) is -0.388. The van der Waals surface area contributed by atoms with E-state index in [-0.39, 0.29) is 16.9 Å². The van der Waals surface area contributed by atoms with Gasteiger partial charge in [-0.3, -0.25) is 4.98 Å². The Bertz CT molecular complexity index is 572. The second kappa shape index (κ2) is 6.13. The van der Waals surface area contributed by atoms with Crippen LogP contribution in [-0.4, -0.2) is 4.98 Å². The molecule has 2 nitrogen and oxygen atoms in total. The standard InChI is InChI=1S/C15H16ClFN2/c1-10-5-6-18-8-13(10)9-19-11(2)12-3-4-15(17)14(16)7-12/h3-8,11,19H,9H2,1-2H3. The fourth-order valence-electron chi connectivity index (χ4n) is 1.84. The first-order valence-electron chi connectivity index (χ1n) is 6.15. The number of pyridine rings is 1. The van der Waals surface area contributed by atoms with Crippen molar-refractivity contribution >= 4 is 11.6 Å². The average molecular weight is 279 g/mol. The highest BCUT2D eigenvalue weighted by atomic mass is 35.5. The van der Waals surface area contributed by atoms with Gasteiger partial charge in [0, 0.05) is 25.0 Å². The zero-order valence-corrected chi connectivity index (χ0v) is 11.7. The van der Waals surface area contributed by atoms with E-state index in [1.807, 2.05) is 19.2 Å². The Morgan fingerprint density at radius 3 is 2.84 bits per heavy atom. The highest BCUT2D eigenvalue weighted by Crippen LogP contribution is 2.21. The normalized spacial score (nSPS) is 12.4. The predicted molar refractivity (Wildman–Crippen MR) is 75.6 cm³/mol. The second-order valence-corrected chi connectivity index (χ2v) is 4.99. The van der Waals surface area contributed by atoms with Gasteiger partial charge in [0.05, 0.1) is 5.02 Å². The summed E-state index contributed by atoms with van der Waals surface area (Å²) in [7, 11) is 0. The molecule has 1 aromatic heterocycles. The molecule has 1 N–H and O–H groups in total. The summed E-state index contributed by atoms with van der Waals surface area (Å²) in [4.78, 5) is 4.11. The molecule has 2 rings (SSSR count). The van der Waals surface area contributed by atoms with Crippen LogP contribution in [0, 0.1) is 12.7 Å². The van der Waals surface area contributed by atoms with Gasteiger partial charge in [0.1, 0.15) is 5.82 Å². The van der Waals surface area contributed by atoms with Crippen LogP contribution in [-0.2, 0) is 6.54 Å². The molecule has 19 heavy (non-hydrogen) atoms. The second-order valence-electron chi connectivity index (χ2n) is 4.58. The van der Waals surface area contributed by atoms with Gasteiger partial charge in [0.15, 0.2) is 0 Å². The maximum Gasteiger partial charge on any atom is 0.141 e. The van der Waals surface area contributed by atoms with E-state index in [1.54, 1.807) is 18.3 Å². The Kier molecular flexibility index (Phi) is 4.51. The maximum atomic E-state index is 13.1. The van der Waals surface area contributed by atoms with Gasteiger partial charge in [-0.1, -0.05) is 17.7 Å². The smallest absolute Gasteiger partial charge is 0.141 e. The van der Waals surface area contributed by atoms with Gasteiger partial charge in [-0.15, -0.1) is 0 Å². The summed E-state index contributed by atoms with van der Waals surface area (Å²) in [5.41, 5.74) is 3.32. The van der Waals surface area contributed by atoms with E-state index in [0.717, 1.165) is 17.7 Å². The SMILES string of the molecule is Cc1ccncc1CNC(C)c1ccc(F)c(Cl)c1. The van der Waals surface area contributed by atoms with Crippen molar-refractivity contribution < 1.29 is 4.39 Å². The van der Waals surface area contributed by atoms with E-state index in [0.29, 0.717) is 0 Å². The number of nitrogens with one attached hydrogen (secondary N) is 1. The van der Waals surface area contributed by atoms with Gasteiger partial charge in [-0.05, 0) is 48.7 Å². The van der Waals surface area contributed by atoms with Gasteiger partial charge in [-0.25, -0.2) is 4.39 Å². The molecular formula is C15H16ClFN2. The summed E-state index contributed by atoms with van der Waals surface area (Å²) in [6.45, 7) is 4.79. The van der Waals surface area contributed by atoms with E-state index in [1.165, 1.54) is 11.6 Å². The van der Waals surface area contributed by atoms with Crippen LogP contribution in [0.2, 0.25) is 5.02 Å². The molecule has 0 saturated heterocycles. The molecule has 0 aliphatic rings. The number of aryl methyl sites for hydroxylation is 1. The zero-order chi connectivity index (χ0) is 13.8. The van der Waals surface area contributed by atoms with E-state index in [2.05, 4.69) is 17.2 Å². The van der Waals surface area contributed by atoms with Crippen molar-refractivity contribution in [3.63, 3.8) is 0 Å². The first-order valence-corrected chi connectivity index (χ1v) is 6.53. The molecular weight excluding hydrogens is 263 g/mol. The van der Waals surface area contributed by atoms with E-state index in [4.69, 9.17) is 11.6 Å². The number of hydrogen-bond donors (Lipinski definition) is 1. The summed E-state index contributed by atoms with van der Waals surface area (Å²) in [6, 6.07) is 6.87. The molecule has 100 valence electrons. The molecule has 0 amide bonds. The Morgan fingerprint density at radius 2 is 2.16 bits per heavy atom. The van der Waals surface area contributed by atoms with E-state index < -0.39 is 0 Å². The molecule has 0 aliphatic carbocycles. The highest BCUT2D eigenvalue weighted by Gasteiger charge is 2.08. The lowest BCUT2D eigenvalue weighted by molar-refractivity contribution is 0.569. The van der Waals surface area contributed by atoms with Crippen LogP contribution in [0.1, 0.15) is 29.7 Å². The van der Waals surface area contributed by atoms with Gasteiger partial charge in [0.2, 0.25) is 0 Å². The Morgan fingerprint density at radius 1 is 1.37 bits per heavy atom. The van der Waals surface area contributed by atoms with Gasteiger partial charge >= 0.3 is 0 Å². The number of benzene rings is 1. The molecule has 2 aromatic rings. The Balaban J connectivity index is 2.03. The molecule has 1 unspecified atom stereocenters. The summed E-state index contributed by atoms with van der Waals surface area (Å²) in [5, 5.41) is 3.54.